The third-order valence-corrected chi connectivity index (χ3v) is 5.81. The zero-order valence-corrected chi connectivity index (χ0v) is 18.9. The Bertz CT molecular complexity index is 1390. The monoisotopic (exact) mass is 455 g/mol. The number of nitrogens with one attached hydrogen (secondary N) is 2. The largest absolute Gasteiger partial charge is 0.422 e. The van der Waals surface area contributed by atoms with Crippen LogP contribution in [0.3, 0.4) is 0 Å². The van der Waals surface area contributed by atoms with E-state index in [2.05, 4.69) is 25.5 Å². The molecule has 2 aromatic heterocycles. The molecule has 0 saturated carbocycles. The Morgan fingerprint density at radius 2 is 1.68 bits per heavy atom. The van der Waals surface area contributed by atoms with Gasteiger partial charge in [-0.3, -0.25) is 4.79 Å². The van der Waals surface area contributed by atoms with Crippen LogP contribution in [0.15, 0.2) is 69.9 Å². The second-order valence-corrected chi connectivity index (χ2v) is 8.35. The van der Waals surface area contributed by atoms with E-state index in [4.69, 9.17) is 4.42 Å². The Labute approximate surface area is 196 Å². The Balaban J connectivity index is 1.29. The van der Waals surface area contributed by atoms with Crippen molar-refractivity contribution in [2.75, 3.05) is 28.6 Å². The molecule has 1 fully saturated rings. The number of nitrogens with zero attached hydrogens (tertiary/aromatic N) is 3. The second-order valence-electron chi connectivity index (χ2n) is 8.35. The van der Waals surface area contributed by atoms with Gasteiger partial charge in [-0.15, -0.1) is 0 Å². The Morgan fingerprint density at radius 3 is 2.47 bits per heavy atom. The number of piperidine rings is 1. The molecule has 3 heterocycles. The highest BCUT2D eigenvalue weighted by atomic mass is 16.4. The first-order valence-corrected chi connectivity index (χ1v) is 11.4. The van der Waals surface area contributed by atoms with Crippen molar-refractivity contribution >= 4 is 39.9 Å². The van der Waals surface area contributed by atoms with Crippen LogP contribution in [0.2, 0.25) is 0 Å². The maximum Gasteiger partial charge on any atom is 0.349 e. The van der Waals surface area contributed by atoms with E-state index in [1.165, 1.54) is 19.3 Å². The summed E-state index contributed by atoms with van der Waals surface area (Å²) >= 11 is 0. The maximum atomic E-state index is 12.7. The van der Waals surface area contributed by atoms with E-state index in [1.54, 1.807) is 36.4 Å². The number of benzene rings is 2. The first-order valence-electron chi connectivity index (χ1n) is 11.4. The van der Waals surface area contributed by atoms with Gasteiger partial charge in [-0.25, -0.2) is 14.8 Å². The first kappa shape index (κ1) is 21.6. The molecule has 8 nitrogen and oxygen atoms in total. The summed E-state index contributed by atoms with van der Waals surface area (Å²) in [6.07, 6.45) is 3.63. The number of hydrogen-bond acceptors (Lipinski definition) is 7. The van der Waals surface area contributed by atoms with E-state index in [0.29, 0.717) is 22.5 Å². The van der Waals surface area contributed by atoms with Crippen LogP contribution in [0.1, 0.15) is 35.4 Å². The van der Waals surface area contributed by atoms with Crippen molar-refractivity contribution in [1.82, 2.24) is 9.97 Å². The van der Waals surface area contributed by atoms with Crippen molar-refractivity contribution in [3.05, 3.63) is 82.5 Å². The second kappa shape index (κ2) is 9.35. The molecule has 5 rings (SSSR count). The minimum absolute atomic E-state index is 0.0393. The van der Waals surface area contributed by atoms with Crippen LogP contribution in [0.5, 0.6) is 0 Å². The topological polar surface area (TPSA) is 100 Å². The molecular formula is C26H25N5O3. The predicted octanol–water partition coefficient (Wildman–Crippen LogP) is 4.88. The summed E-state index contributed by atoms with van der Waals surface area (Å²) in [5.41, 5.74) is 1.13. The summed E-state index contributed by atoms with van der Waals surface area (Å²) in [5, 5.41) is 6.76. The van der Waals surface area contributed by atoms with E-state index in [0.717, 1.165) is 30.4 Å². The fourth-order valence-electron chi connectivity index (χ4n) is 4.10. The zero-order valence-electron chi connectivity index (χ0n) is 18.9. The Kier molecular flexibility index (Phi) is 5.95. The fourth-order valence-corrected chi connectivity index (χ4v) is 4.10. The van der Waals surface area contributed by atoms with Crippen LogP contribution in [0.4, 0.5) is 23.0 Å². The van der Waals surface area contributed by atoms with Gasteiger partial charge in [0.25, 0.3) is 5.91 Å². The van der Waals surface area contributed by atoms with Crippen molar-refractivity contribution in [3.8, 4) is 0 Å². The summed E-state index contributed by atoms with van der Waals surface area (Å²) in [6, 6.07) is 17.8. The summed E-state index contributed by atoms with van der Waals surface area (Å²) in [7, 11) is 0. The molecule has 2 N–H and O–H groups in total. The van der Waals surface area contributed by atoms with Crippen molar-refractivity contribution in [2.24, 2.45) is 0 Å². The van der Waals surface area contributed by atoms with Crippen LogP contribution in [0, 0.1) is 6.92 Å². The number of aromatic nitrogens is 2. The lowest BCUT2D eigenvalue weighted by Gasteiger charge is -2.28. The molecule has 0 bridgehead atoms. The van der Waals surface area contributed by atoms with E-state index < -0.39 is 11.5 Å². The lowest BCUT2D eigenvalue weighted by atomic mass is 10.1. The van der Waals surface area contributed by atoms with Gasteiger partial charge in [0.2, 0.25) is 0 Å². The lowest BCUT2D eigenvalue weighted by molar-refractivity contribution is 0.102. The summed E-state index contributed by atoms with van der Waals surface area (Å²) in [4.78, 5) is 36.3. The van der Waals surface area contributed by atoms with Gasteiger partial charge in [-0.05, 0) is 62.6 Å². The molecule has 34 heavy (non-hydrogen) atoms. The van der Waals surface area contributed by atoms with E-state index in [9.17, 15) is 9.59 Å². The number of fused-ring (bicyclic) bond motifs is 1. The number of aryl methyl sites for hydroxylation is 1. The molecule has 0 radical (unpaired) electrons. The Hall–Kier alpha value is -4.20. The average molecular weight is 456 g/mol. The van der Waals surface area contributed by atoms with Crippen LogP contribution in [0.25, 0.3) is 11.0 Å². The lowest BCUT2D eigenvalue weighted by Crippen LogP contribution is -2.30. The molecule has 0 unspecified atom stereocenters. The smallest absolute Gasteiger partial charge is 0.349 e. The SMILES string of the molecule is Cc1nc(Nc2ccc(NC(=O)c3cc4ccccc4oc3=O)cc2)cc(N2CCCCC2)n1. The van der Waals surface area contributed by atoms with Gasteiger partial charge in [0.1, 0.15) is 28.6 Å². The minimum atomic E-state index is -0.668. The maximum absolute atomic E-state index is 12.7. The molecule has 4 aromatic rings. The molecule has 0 spiro atoms. The van der Waals surface area contributed by atoms with Gasteiger partial charge in [0, 0.05) is 35.9 Å². The van der Waals surface area contributed by atoms with Gasteiger partial charge in [0.05, 0.1) is 0 Å². The highest BCUT2D eigenvalue weighted by Gasteiger charge is 2.15. The van der Waals surface area contributed by atoms with Crippen LogP contribution in [-0.2, 0) is 0 Å². The van der Waals surface area contributed by atoms with Crippen LogP contribution in [-0.4, -0.2) is 29.0 Å². The average Bonchev–Trinajstić information content (AvgIpc) is 2.85. The van der Waals surface area contributed by atoms with Crippen molar-refractivity contribution in [1.29, 1.82) is 0 Å². The molecule has 1 aliphatic heterocycles. The van der Waals surface area contributed by atoms with E-state index in [1.807, 2.05) is 31.2 Å². The minimum Gasteiger partial charge on any atom is -0.422 e. The number of amides is 1. The molecule has 172 valence electrons. The van der Waals surface area contributed by atoms with Crippen LogP contribution >= 0.6 is 0 Å². The molecule has 0 atom stereocenters. The van der Waals surface area contributed by atoms with Gasteiger partial charge in [0.15, 0.2) is 0 Å². The standard InChI is InChI=1S/C26H25N5O3/c1-17-27-23(16-24(28-17)31-13-5-2-6-14-31)29-19-9-11-20(12-10-19)30-25(32)21-15-18-7-3-4-8-22(18)34-26(21)33/h3-4,7-12,15-16H,2,5-6,13-14H2,1H3,(H,30,32)(H,27,28,29). The molecule has 0 aliphatic carbocycles. The van der Waals surface area contributed by atoms with Crippen molar-refractivity contribution in [2.45, 2.75) is 26.2 Å². The van der Waals surface area contributed by atoms with E-state index >= 15 is 0 Å². The first-order chi connectivity index (χ1) is 16.5. The molecule has 1 amide bonds. The number of anilines is 4. The van der Waals surface area contributed by atoms with Crippen molar-refractivity contribution < 1.29 is 9.21 Å². The number of para-hydroxylation sites is 1. The highest BCUT2D eigenvalue weighted by Crippen LogP contribution is 2.23. The van der Waals surface area contributed by atoms with Gasteiger partial charge >= 0.3 is 5.63 Å². The molecule has 1 aliphatic rings. The quantitative estimate of drug-likeness (QED) is 0.414. The van der Waals surface area contributed by atoms with Crippen molar-refractivity contribution in [3.63, 3.8) is 0 Å². The number of rotatable bonds is 5. The number of carbonyl (C=O) groups is 1. The molecule has 2 aromatic carbocycles. The summed E-state index contributed by atoms with van der Waals surface area (Å²) in [6.45, 7) is 3.92. The highest BCUT2D eigenvalue weighted by molar-refractivity contribution is 6.05. The fraction of sp³-hybridized carbons (Fsp3) is 0.231. The van der Waals surface area contributed by atoms with Gasteiger partial charge < -0.3 is 20.0 Å². The Morgan fingerprint density at radius 1 is 0.941 bits per heavy atom. The van der Waals surface area contributed by atoms with Gasteiger partial charge in [-0.1, -0.05) is 18.2 Å². The molecule has 1 saturated heterocycles. The summed E-state index contributed by atoms with van der Waals surface area (Å²) in [5.74, 6) is 1.85. The number of carbonyl (C=O) groups excluding carboxylic acids is 1. The van der Waals surface area contributed by atoms with Crippen LogP contribution < -0.4 is 21.2 Å². The van der Waals surface area contributed by atoms with Gasteiger partial charge in [-0.2, -0.15) is 0 Å². The third-order valence-electron chi connectivity index (χ3n) is 5.81. The zero-order chi connectivity index (χ0) is 23.5. The third kappa shape index (κ3) is 4.76. The molecule has 8 heteroatoms. The normalized spacial score (nSPS) is 13.6. The van der Waals surface area contributed by atoms with E-state index in [-0.39, 0.29) is 5.56 Å². The number of hydrogen-bond donors (Lipinski definition) is 2. The summed E-state index contributed by atoms with van der Waals surface area (Å²) < 4.78 is 5.26. The predicted molar refractivity (Wildman–Crippen MR) is 133 cm³/mol. The molecular weight excluding hydrogens is 430 g/mol.